The number of amides is 1. The van der Waals surface area contributed by atoms with Crippen LogP contribution in [0.25, 0.3) is 0 Å². The summed E-state index contributed by atoms with van der Waals surface area (Å²) in [6.45, 7) is 6.50. The van der Waals surface area contributed by atoms with Gasteiger partial charge in [-0.1, -0.05) is 13.8 Å². The van der Waals surface area contributed by atoms with Crippen LogP contribution in [0.4, 0.5) is 0 Å². The van der Waals surface area contributed by atoms with E-state index in [0.717, 1.165) is 6.42 Å². The van der Waals surface area contributed by atoms with Gasteiger partial charge in [-0.05, 0) is 18.3 Å². The third-order valence-corrected chi connectivity index (χ3v) is 6.18. The molecule has 0 aliphatic carbocycles. The van der Waals surface area contributed by atoms with Gasteiger partial charge in [-0.15, -0.1) is 0 Å². The third-order valence-electron chi connectivity index (χ3n) is 4.20. The number of carbonyl (C=O) groups excluding carboxylic acids is 1. The summed E-state index contributed by atoms with van der Waals surface area (Å²) < 4.78 is 28.7. The summed E-state index contributed by atoms with van der Waals surface area (Å²) >= 11 is 0. The summed E-state index contributed by atoms with van der Waals surface area (Å²) in [6, 6.07) is -0.665. The molecule has 2 rings (SSSR count). The molecule has 0 aromatic carbocycles. The zero-order valence-electron chi connectivity index (χ0n) is 13.0. The SMILES string of the molecule is CNC(=O)C1CNCCN1S(=O)(=O)N1CC(C)CC(C)C1. The van der Waals surface area contributed by atoms with Crippen LogP contribution in [0, 0.1) is 11.8 Å². The lowest BCUT2D eigenvalue weighted by Crippen LogP contribution is -2.62. The lowest BCUT2D eigenvalue weighted by Gasteiger charge is -2.40. The lowest BCUT2D eigenvalue weighted by molar-refractivity contribution is -0.124. The highest BCUT2D eigenvalue weighted by molar-refractivity contribution is 7.86. The maximum Gasteiger partial charge on any atom is 0.282 e. The van der Waals surface area contributed by atoms with E-state index in [2.05, 4.69) is 24.5 Å². The molecule has 122 valence electrons. The van der Waals surface area contributed by atoms with E-state index in [-0.39, 0.29) is 5.91 Å². The minimum Gasteiger partial charge on any atom is -0.358 e. The number of rotatable bonds is 3. The zero-order chi connectivity index (χ0) is 15.6. The third kappa shape index (κ3) is 3.56. The number of piperazine rings is 1. The molecule has 2 N–H and O–H groups in total. The van der Waals surface area contributed by atoms with Crippen molar-refractivity contribution in [2.45, 2.75) is 26.3 Å². The van der Waals surface area contributed by atoms with Crippen LogP contribution in [0.15, 0.2) is 0 Å². The second kappa shape index (κ2) is 6.60. The van der Waals surface area contributed by atoms with Crippen molar-refractivity contribution >= 4 is 16.1 Å². The molecule has 2 heterocycles. The van der Waals surface area contributed by atoms with Crippen LogP contribution < -0.4 is 10.6 Å². The fraction of sp³-hybridized carbons (Fsp3) is 0.923. The van der Waals surface area contributed by atoms with Crippen molar-refractivity contribution < 1.29 is 13.2 Å². The van der Waals surface area contributed by atoms with Crippen molar-refractivity contribution in [3.05, 3.63) is 0 Å². The molecule has 0 aromatic rings. The number of hydrogen-bond acceptors (Lipinski definition) is 4. The summed E-state index contributed by atoms with van der Waals surface area (Å²) in [4.78, 5) is 12.0. The first-order valence-corrected chi connectivity index (χ1v) is 8.95. The molecule has 2 aliphatic heterocycles. The first-order chi connectivity index (χ1) is 9.86. The van der Waals surface area contributed by atoms with Gasteiger partial charge in [0.2, 0.25) is 5.91 Å². The van der Waals surface area contributed by atoms with Crippen molar-refractivity contribution in [1.82, 2.24) is 19.2 Å². The van der Waals surface area contributed by atoms with Crippen LogP contribution in [-0.4, -0.2) is 68.7 Å². The smallest absolute Gasteiger partial charge is 0.282 e. The Balaban J connectivity index is 2.21. The Hall–Kier alpha value is -0.700. The Morgan fingerprint density at radius 3 is 2.43 bits per heavy atom. The van der Waals surface area contributed by atoms with Crippen molar-refractivity contribution in [1.29, 1.82) is 0 Å². The van der Waals surface area contributed by atoms with Gasteiger partial charge >= 0.3 is 0 Å². The Labute approximate surface area is 127 Å². The van der Waals surface area contributed by atoms with Gasteiger partial charge in [-0.2, -0.15) is 17.0 Å². The van der Waals surface area contributed by atoms with Crippen LogP contribution in [-0.2, 0) is 15.0 Å². The Bertz CT molecular complexity index is 472. The monoisotopic (exact) mass is 318 g/mol. The average Bonchev–Trinajstić information content (AvgIpc) is 2.45. The molecule has 1 amide bonds. The van der Waals surface area contributed by atoms with E-state index >= 15 is 0 Å². The van der Waals surface area contributed by atoms with Crippen LogP contribution in [0.1, 0.15) is 20.3 Å². The highest BCUT2D eigenvalue weighted by atomic mass is 32.2. The maximum atomic E-state index is 12.9. The van der Waals surface area contributed by atoms with Crippen LogP contribution in [0.3, 0.4) is 0 Å². The molecule has 21 heavy (non-hydrogen) atoms. The van der Waals surface area contributed by atoms with E-state index in [1.165, 1.54) is 11.4 Å². The second-order valence-corrected chi connectivity index (χ2v) is 8.10. The number of nitrogens with zero attached hydrogens (tertiary/aromatic N) is 2. The van der Waals surface area contributed by atoms with E-state index in [1.54, 1.807) is 4.31 Å². The first-order valence-electron chi connectivity index (χ1n) is 7.55. The van der Waals surface area contributed by atoms with Gasteiger partial charge in [-0.3, -0.25) is 4.79 Å². The molecular formula is C13H26N4O3S. The number of likely N-dealkylation sites (N-methyl/N-ethyl adjacent to an activating group) is 1. The molecule has 2 aliphatic rings. The average molecular weight is 318 g/mol. The number of piperidine rings is 1. The van der Waals surface area contributed by atoms with E-state index in [0.29, 0.717) is 44.6 Å². The zero-order valence-corrected chi connectivity index (χ0v) is 13.8. The van der Waals surface area contributed by atoms with Crippen LogP contribution >= 0.6 is 0 Å². The number of hydrogen-bond donors (Lipinski definition) is 2. The molecule has 3 atom stereocenters. The van der Waals surface area contributed by atoms with Crippen molar-refractivity contribution in [3.63, 3.8) is 0 Å². The minimum atomic E-state index is -3.59. The second-order valence-electron chi connectivity index (χ2n) is 6.22. The molecule has 3 unspecified atom stereocenters. The number of carbonyl (C=O) groups is 1. The quantitative estimate of drug-likeness (QED) is 0.716. The Morgan fingerprint density at radius 1 is 1.24 bits per heavy atom. The molecular weight excluding hydrogens is 292 g/mol. The van der Waals surface area contributed by atoms with Crippen LogP contribution in [0.5, 0.6) is 0 Å². The predicted octanol–water partition coefficient (Wildman–Crippen LogP) is -0.771. The largest absolute Gasteiger partial charge is 0.358 e. The summed E-state index contributed by atoms with van der Waals surface area (Å²) in [6.07, 6.45) is 1.05. The normalized spacial score (nSPS) is 32.8. The summed E-state index contributed by atoms with van der Waals surface area (Å²) in [5, 5.41) is 5.64. The molecule has 0 bridgehead atoms. The van der Waals surface area contributed by atoms with Crippen LogP contribution in [0.2, 0.25) is 0 Å². The van der Waals surface area contributed by atoms with Gasteiger partial charge < -0.3 is 10.6 Å². The van der Waals surface area contributed by atoms with Gasteiger partial charge in [0.1, 0.15) is 6.04 Å². The molecule has 0 saturated carbocycles. The van der Waals surface area contributed by atoms with Gasteiger partial charge in [-0.25, -0.2) is 0 Å². The molecule has 2 fully saturated rings. The highest BCUT2D eigenvalue weighted by Gasteiger charge is 2.41. The summed E-state index contributed by atoms with van der Waals surface area (Å²) in [7, 11) is -2.05. The Kier molecular flexibility index (Phi) is 5.24. The fourth-order valence-electron chi connectivity index (χ4n) is 3.29. The van der Waals surface area contributed by atoms with Crippen molar-refractivity contribution in [2.75, 3.05) is 39.8 Å². The summed E-state index contributed by atoms with van der Waals surface area (Å²) in [5.41, 5.74) is 0. The standard InChI is InChI=1S/C13H26N4O3S/c1-10-6-11(2)9-16(8-10)21(19,20)17-5-4-15-7-12(17)13(18)14-3/h10-12,15H,4-9H2,1-3H3,(H,14,18). The molecule has 0 radical (unpaired) electrons. The van der Waals surface area contributed by atoms with E-state index < -0.39 is 16.3 Å². The fourth-order valence-corrected chi connectivity index (χ4v) is 5.29. The van der Waals surface area contributed by atoms with Gasteiger partial charge in [0, 0.05) is 39.8 Å². The lowest BCUT2D eigenvalue weighted by atomic mass is 9.94. The molecule has 0 aromatic heterocycles. The number of nitrogens with one attached hydrogen (secondary N) is 2. The predicted molar refractivity (Wildman–Crippen MR) is 80.9 cm³/mol. The van der Waals surface area contributed by atoms with Crippen molar-refractivity contribution in [3.8, 4) is 0 Å². The minimum absolute atomic E-state index is 0.260. The van der Waals surface area contributed by atoms with E-state index in [9.17, 15) is 13.2 Å². The highest BCUT2D eigenvalue weighted by Crippen LogP contribution is 2.25. The molecule has 0 spiro atoms. The molecule has 7 nitrogen and oxygen atoms in total. The first kappa shape index (κ1) is 16.7. The molecule has 8 heteroatoms. The maximum absolute atomic E-state index is 12.9. The summed E-state index contributed by atoms with van der Waals surface area (Å²) in [5.74, 6) is 0.443. The van der Waals surface area contributed by atoms with Gasteiger partial charge in [0.05, 0.1) is 0 Å². The van der Waals surface area contributed by atoms with E-state index in [4.69, 9.17) is 0 Å². The van der Waals surface area contributed by atoms with Gasteiger partial charge in [0.15, 0.2) is 0 Å². The van der Waals surface area contributed by atoms with E-state index in [1.807, 2.05) is 0 Å². The molecule has 2 saturated heterocycles. The van der Waals surface area contributed by atoms with Crippen molar-refractivity contribution in [2.24, 2.45) is 11.8 Å². The topological polar surface area (TPSA) is 81.8 Å². The Morgan fingerprint density at radius 2 is 1.86 bits per heavy atom. The van der Waals surface area contributed by atoms with Gasteiger partial charge in [0.25, 0.3) is 10.2 Å².